The lowest BCUT2D eigenvalue weighted by Gasteiger charge is -2.33. The number of nitriles is 1. The number of hydrogen-bond donors (Lipinski definition) is 1. The maximum Gasteiger partial charge on any atom is 0.228 e. The molecule has 1 amide bonds. The fraction of sp³-hybridized carbons (Fsp3) is 0.296. The molecule has 1 saturated carbocycles. The molecule has 3 aromatic rings. The second kappa shape index (κ2) is 9.57. The van der Waals surface area contributed by atoms with E-state index in [-0.39, 0.29) is 11.8 Å². The van der Waals surface area contributed by atoms with Gasteiger partial charge in [0.25, 0.3) is 0 Å². The molecule has 1 fully saturated rings. The zero-order chi connectivity index (χ0) is 21.6. The molecule has 1 N–H and O–H groups in total. The lowest BCUT2D eigenvalue weighted by Crippen LogP contribution is -2.31. The first-order valence-electron chi connectivity index (χ1n) is 10.9. The number of rotatable bonds is 6. The average Bonchev–Trinajstić information content (AvgIpc) is 2.83. The molecule has 1 heterocycles. The third kappa shape index (κ3) is 4.67. The summed E-state index contributed by atoms with van der Waals surface area (Å²) in [6.07, 6.45) is 8.66. The van der Waals surface area contributed by atoms with Crippen LogP contribution in [0.3, 0.4) is 0 Å². The van der Waals surface area contributed by atoms with Gasteiger partial charge in [0.2, 0.25) is 5.91 Å². The van der Waals surface area contributed by atoms with Crippen molar-refractivity contribution in [3.63, 3.8) is 0 Å². The summed E-state index contributed by atoms with van der Waals surface area (Å²) in [5.74, 6) is 0.821. The van der Waals surface area contributed by atoms with Gasteiger partial charge in [-0.05, 0) is 85.9 Å². The average molecular weight is 410 g/mol. The Bertz CT molecular complexity index is 1100. The zero-order valence-electron chi connectivity index (χ0n) is 17.6. The first-order valence-corrected chi connectivity index (χ1v) is 10.9. The molecule has 4 nitrogen and oxygen atoms in total. The number of benzene rings is 2. The Hall–Kier alpha value is -3.45. The predicted molar refractivity (Wildman–Crippen MR) is 125 cm³/mol. The quantitative estimate of drug-likeness (QED) is 0.492. The van der Waals surface area contributed by atoms with Crippen molar-refractivity contribution in [2.24, 2.45) is 11.8 Å². The van der Waals surface area contributed by atoms with Crippen LogP contribution in [0.25, 0.3) is 10.9 Å². The number of carbonyl (C=O) groups excluding carboxylic acids is 1. The third-order valence-corrected chi connectivity index (χ3v) is 6.50. The number of nitrogens with one attached hydrogen (secondary N) is 1. The molecule has 0 bridgehead atoms. The molecule has 4 heteroatoms. The van der Waals surface area contributed by atoms with Crippen LogP contribution >= 0.6 is 0 Å². The summed E-state index contributed by atoms with van der Waals surface area (Å²) in [5, 5.41) is 13.2. The Morgan fingerprint density at radius 3 is 2.58 bits per heavy atom. The van der Waals surface area contributed by atoms with Crippen molar-refractivity contribution < 1.29 is 4.79 Å². The smallest absolute Gasteiger partial charge is 0.228 e. The summed E-state index contributed by atoms with van der Waals surface area (Å²) in [6.45, 7) is 3.88. The van der Waals surface area contributed by atoms with E-state index in [9.17, 15) is 4.79 Å². The van der Waals surface area contributed by atoms with Crippen LogP contribution in [-0.4, -0.2) is 10.9 Å². The highest BCUT2D eigenvalue weighted by Gasteiger charge is 2.32. The molecule has 0 saturated heterocycles. The Balaban J connectivity index is 1.44. The molecule has 2 aromatic carbocycles. The number of pyridine rings is 1. The minimum atomic E-state index is -0.0803. The number of fused-ring (bicyclic) bond motifs is 1. The van der Waals surface area contributed by atoms with Crippen molar-refractivity contribution in [3.8, 4) is 6.07 Å². The molecular formula is C27H27N3O. The molecule has 31 heavy (non-hydrogen) atoms. The highest BCUT2D eigenvalue weighted by Crippen LogP contribution is 2.41. The van der Waals surface area contributed by atoms with E-state index in [2.05, 4.69) is 47.2 Å². The van der Waals surface area contributed by atoms with E-state index >= 15 is 0 Å². The van der Waals surface area contributed by atoms with Crippen molar-refractivity contribution in [1.29, 1.82) is 5.26 Å². The molecule has 0 aliphatic heterocycles. The van der Waals surface area contributed by atoms with Crippen molar-refractivity contribution in [2.75, 3.05) is 5.32 Å². The number of para-hydroxylation sites is 1. The lowest BCUT2D eigenvalue weighted by atomic mass is 9.72. The molecule has 156 valence electrons. The number of carbonyl (C=O) groups is 1. The Morgan fingerprint density at radius 1 is 1.13 bits per heavy atom. The second-order valence-electron chi connectivity index (χ2n) is 8.34. The molecule has 1 aromatic heterocycles. The number of allylic oxidation sites excluding steroid dienone is 1. The van der Waals surface area contributed by atoms with E-state index in [1.165, 1.54) is 10.9 Å². The molecule has 0 unspecified atom stereocenters. The minimum absolute atomic E-state index is 0.0439. The van der Waals surface area contributed by atoms with E-state index < -0.39 is 0 Å². The number of anilines is 1. The predicted octanol–water partition coefficient (Wildman–Crippen LogP) is 6.21. The van der Waals surface area contributed by atoms with Crippen LogP contribution in [0.15, 0.2) is 73.4 Å². The summed E-state index contributed by atoms with van der Waals surface area (Å²) in [7, 11) is 0. The van der Waals surface area contributed by atoms with Gasteiger partial charge in [-0.15, -0.1) is 6.58 Å². The normalized spacial score (nSPS) is 19.3. The molecule has 1 aliphatic rings. The molecule has 0 spiro atoms. The summed E-state index contributed by atoms with van der Waals surface area (Å²) in [6, 6.07) is 19.6. The fourth-order valence-electron chi connectivity index (χ4n) is 4.86. The van der Waals surface area contributed by atoms with Gasteiger partial charge in [-0.25, -0.2) is 0 Å². The van der Waals surface area contributed by atoms with Gasteiger partial charge in [-0.1, -0.05) is 24.3 Å². The van der Waals surface area contributed by atoms with E-state index in [0.29, 0.717) is 23.8 Å². The summed E-state index contributed by atoms with van der Waals surface area (Å²) in [4.78, 5) is 17.5. The Morgan fingerprint density at radius 2 is 1.87 bits per heavy atom. The first-order chi connectivity index (χ1) is 15.2. The fourth-order valence-corrected chi connectivity index (χ4v) is 4.86. The minimum Gasteiger partial charge on any atom is -0.326 e. The highest BCUT2D eigenvalue weighted by atomic mass is 16.1. The summed E-state index contributed by atoms with van der Waals surface area (Å²) in [5.41, 5.74) is 3.75. The van der Waals surface area contributed by atoms with Gasteiger partial charge in [0, 0.05) is 23.2 Å². The van der Waals surface area contributed by atoms with Crippen LogP contribution in [0.5, 0.6) is 0 Å². The van der Waals surface area contributed by atoms with Crippen molar-refractivity contribution in [3.05, 3.63) is 84.6 Å². The van der Waals surface area contributed by atoms with Crippen molar-refractivity contribution >= 4 is 22.5 Å². The van der Waals surface area contributed by atoms with Crippen LogP contribution in [0.4, 0.5) is 5.69 Å². The SMILES string of the molecule is C=CC[C@@H](C(=O)Nc1ccc(C#N)cc1)C1CCC(c2ccnc3ccccc23)CC1. The van der Waals surface area contributed by atoms with Crippen LogP contribution in [0.2, 0.25) is 0 Å². The van der Waals surface area contributed by atoms with E-state index in [1.807, 2.05) is 18.3 Å². The zero-order valence-corrected chi connectivity index (χ0v) is 17.6. The van der Waals surface area contributed by atoms with Gasteiger partial charge < -0.3 is 5.32 Å². The topological polar surface area (TPSA) is 65.8 Å². The van der Waals surface area contributed by atoms with Gasteiger partial charge in [-0.2, -0.15) is 5.26 Å². The van der Waals surface area contributed by atoms with Gasteiger partial charge in [0.15, 0.2) is 0 Å². The summed E-state index contributed by atoms with van der Waals surface area (Å²) >= 11 is 0. The Labute approximate surface area is 183 Å². The lowest BCUT2D eigenvalue weighted by molar-refractivity contribution is -0.121. The van der Waals surface area contributed by atoms with E-state index in [4.69, 9.17) is 5.26 Å². The molecule has 1 aliphatic carbocycles. The maximum atomic E-state index is 13.1. The molecule has 0 radical (unpaired) electrons. The van der Waals surface area contributed by atoms with Crippen molar-refractivity contribution in [2.45, 2.75) is 38.0 Å². The van der Waals surface area contributed by atoms with Gasteiger partial charge >= 0.3 is 0 Å². The van der Waals surface area contributed by atoms with Crippen LogP contribution in [0, 0.1) is 23.2 Å². The monoisotopic (exact) mass is 409 g/mol. The van der Waals surface area contributed by atoms with E-state index in [0.717, 1.165) is 36.9 Å². The number of aromatic nitrogens is 1. The number of amides is 1. The standard InChI is InChI=1S/C27H27N3O/c1-2-5-24(27(31)30-22-14-8-19(18-28)9-15-22)21-12-10-20(11-13-21)23-16-17-29-26-7-4-3-6-25(23)26/h2-4,6-9,14-17,20-21,24H,1,5,10-13H2,(H,30,31)/t20?,21?,24-/m1/s1. The second-order valence-corrected chi connectivity index (χ2v) is 8.34. The largest absolute Gasteiger partial charge is 0.326 e. The molecule has 4 rings (SSSR count). The molecule has 1 atom stereocenters. The van der Waals surface area contributed by atoms with Crippen LogP contribution in [-0.2, 0) is 4.79 Å². The first kappa shape index (κ1) is 20.8. The van der Waals surface area contributed by atoms with Gasteiger partial charge in [-0.3, -0.25) is 9.78 Å². The number of hydrogen-bond acceptors (Lipinski definition) is 3. The van der Waals surface area contributed by atoms with Crippen LogP contribution in [0.1, 0.15) is 49.1 Å². The van der Waals surface area contributed by atoms with Crippen molar-refractivity contribution in [1.82, 2.24) is 4.98 Å². The summed E-state index contributed by atoms with van der Waals surface area (Å²) < 4.78 is 0. The van der Waals surface area contributed by atoms with Crippen LogP contribution < -0.4 is 5.32 Å². The van der Waals surface area contributed by atoms with Gasteiger partial charge in [0.05, 0.1) is 17.1 Å². The van der Waals surface area contributed by atoms with E-state index in [1.54, 1.807) is 24.3 Å². The maximum absolute atomic E-state index is 13.1. The molecular weight excluding hydrogens is 382 g/mol. The van der Waals surface area contributed by atoms with Gasteiger partial charge in [0.1, 0.15) is 0 Å². The number of nitrogens with zero attached hydrogens (tertiary/aromatic N) is 2. The Kier molecular flexibility index (Phi) is 6.43. The third-order valence-electron chi connectivity index (χ3n) is 6.50. The highest BCUT2D eigenvalue weighted by molar-refractivity contribution is 5.93.